The quantitative estimate of drug-likeness (QED) is 0.527. The minimum atomic E-state index is 0.510. The van der Waals surface area contributed by atoms with Crippen molar-refractivity contribution in [3.05, 3.63) is 17.5 Å². The molecule has 4 aromatic rings. The van der Waals surface area contributed by atoms with E-state index < -0.39 is 0 Å². The van der Waals surface area contributed by atoms with Crippen molar-refractivity contribution in [2.24, 2.45) is 0 Å². The highest BCUT2D eigenvalue weighted by Crippen LogP contribution is 2.43. The van der Waals surface area contributed by atoms with Gasteiger partial charge in [-0.2, -0.15) is 14.6 Å². The molecule has 1 aliphatic heterocycles. The number of rotatable bonds is 3. The first-order valence-corrected chi connectivity index (χ1v) is 11.0. The fraction of sp³-hybridized carbons (Fsp3) is 0.500. The van der Waals surface area contributed by atoms with Gasteiger partial charge in [0.2, 0.25) is 0 Å². The fourth-order valence-corrected chi connectivity index (χ4v) is 5.83. The Balaban J connectivity index is 1.71. The molecule has 0 unspecified atom stereocenters. The van der Waals surface area contributed by atoms with Crippen LogP contribution < -0.4 is 9.64 Å². The maximum Gasteiger partial charge on any atom is 0.320 e. The largest absolute Gasteiger partial charge is 0.464 e. The zero-order valence-corrected chi connectivity index (χ0v) is 16.8. The molecule has 4 aromatic heterocycles. The summed E-state index contributed by atoms with van der Waals surface area (Å²) in [5, 5.41) is 5.53. The molecule has 6 rings (SSSR count). The standard InChI is InChI=1S/C20H22N6OS/c1-2-27-20-23-15-14-12-7-3-4-8-13(12)17(25-9-5-6-10-25)24-19(14)28-16(15)18-21-11-22-26(18)20/h11H,2-10H2,1H3. The summed E-state index contributed by atoms with van der Waals surface area (Å²) in [4.78, 5) is 18.1. The van der Waals surface area contributed by atoms with E-state index in [2.05, 4.69) is 15.0 Å². The summed E-state index contributed by atoms with van der Waals surface area (Å²) in [6.07, 6.45) is 8.80. The molecule has 1 fully saturated rings. The highest BCUT2D eigenvalue weighted by atomic mass is 32.1. The van der Waals surface area contributed by atoms with Crippen LogP contribution in [0.15, 0.2) is 6.33 Å². The van der Waals surface area contributed by atoms with Gasteiger partial charge in [0.25, 0.3) is 0 Å². The predicted molar refractivity (Wildman–Crippen MR) is 111 cm³/mol. The van der Waals surface area contributed by atoms with Gasteiger partial charge in [-0.05, 0) is 56.6 Å². The van der Waals surface area contributed by atoms with Crippen molar-refractivity contribution in [3.63, 3.8) is 0 Å². The van der Waals surface area contributed by atoms with Gasteiger partial charge in [0, 0.05) is 18.5 Å². The molecule has 0 amide bonds. The summed E-state index contributed by atoms with van der Waals surface area (Å²) >= 11 is 1.69. The van der Waals surface area contributed by atoms with Gasteiger partial charge >= 0.3 is 6.01 Å². The maximum atomic E-state index is 5.78. The van der Waals surface area contributed by atoms with Crippen molar-refractivity contribution in [2.75, 3.05) is 24.6 Å². The second-order valence-corrected chi connectivity index (χ2v) is 8.58. The van der Waals surface area contributed by atoms with E-state index in [4.69, 9.17) is 14.7 Å². The number of hydrogen-bond acceptors (Lipinski definition) is 7. The van der Waals surface area contributed by atoms with Crippen molar-refractivity contribution in [2.45, 2.75) is 45.4 Å². The zero-order valence-electron chi connectivity index (χ0n) is 15.9. The highest BCUT2D eigenvalue weighted by molar-refractivity contribution is 7.26. The third-order valence-electron chi connectivity index (χ3n) is 5.93. The van der Waals surface area contributed by atoms with Gasteiger partial charge in [0.05, 0.1) is 6.61 Å². The van der Waals surface area contributed by atoms with Crippen LogP contribution in [-0.2, 0) is 12.8 Å². The number of pyridine rings is 1. The summed E-state index contributed by atoms with van der Waals surface area (Å²) in [7, 11) is 0. The van der Waals surface area contributed by atoms with Crippen LogP contribution in [0.25, 0.3) is 26.1 Å². The fourth-order valence-electron chi connectivity index (χ4n) is 4.70. The third kappa shape index (κ3) is 2.27. The molecule has 0 atom stereocenters. The molecule has 144 valence electrons. The monoisotopic (exact) mass is 394 g/mol. The van der Waals surface area contributed by atoms with Gasteiger partial charge in [-0.3, -0.25) is 0 Å². The van der Waals surface area contributed by atoms with Gasteiger partial charge in [-0.1, -0.05) is 0 Å². The summed E-state index contributed by atoms with van der Waals surface area (Å²) in [5.41, 5.74) is 4.68. The summed E-state index contributed by atoms with van der Waals surface area (Å²) < 4.78 is 8.53. The number of anilines is 1. The first-order valence-electron chi connectivity index (χ1n) is 10.2. The summed E-state index contributed by atoms with van der Waals surface area (Å²) in [6, 6.07) is 0.510. The lowest BCUT2D eigenvalue weighted by Crippen LogP contribution is -2.22. The summed E-state index contributed by atoms with van der Waals surface area (Å²) in [5.74, 6) is 1.22. The molecule has 0 N–H and O–H groups in total. The number of fused-ring (bicyclic) bond motifs is 7. The lowest BCUT2D eigenvalue weighted by atomic mass is 9.90. The van der Waals surface area contributed by atoms with E-state index in [9.17, 15) is 0 Å². The smallest absolute Gasteiger partial charge is 0.320 e. The number of nitrogens with zero attached hydrogens (tertiary/aromatic N) is 6. The second-order valence-electron chi connectivity index (χ2n) is 7.58. The average molecular weight is 395 g/mol. The molecular formula is C20H22N6OS. The number of aromatic nitrogens is 5. The van der Waals surface area contributed by atoms with E-state index in [1.165, 1.54) is 48.0 Å². The molecule has 0 aromatic carbocycles. The Labute approximate surface area is 166 Å². The van der Waals surface area contributed by atoms with Gasteiger partial charge < -0.3 is 9.64 Å². The van der Waals surface area contributed by atoms with E-state index in [1.807, 2.05) is 6.92 Å². The van der Waals surface area contributed by atoms with Crippen molar-refractivity contribution < 1.29 is 4.74 Å². The van der Waals surface area contributed by atoms with Crippen LogP contribution >= 0.6 is 11.3 Å². The lowest BCUT2D eigenvalue weighted by Gasteiger charge is -2.25. The molecular weight excluding hydrogens is 372 g/mol. The topological polar surface area (TPSA) is 68.4 Å². The number of aryl methyl sites for hydroxylation is 1. The van der Waals surface area contributed by atoms with E-state index in [0.717, 1.165) is 46.6 Å². The van der Waals surface area contributed by atoms with Crippen molar-refractivity contribution in [1.82, 2.24) is 24.6 Å². The van der Waals surface area contributed by atoms with E-state index in [1.54, 1.807) is 22.2 Å². The first kappa shape index (κ1) is 16.5. The second kappa shape index (κ2) is 6.27. The third-order valence-corrected chi connectivity index (χ3v) is 7.00. The van der Waals surface area contributed by atoms with Crippen molar-refractivity contribution >= 4 is 43.2 Å². The van der Waals surface area contributed by atoms with Gasteiger partial charge in [0.1, 0.15) is 27.2 Å². The van der Waals surface area contributed by atoms with Crippen LogP contribution in [0.5, 0.6) is 6.01 Å². The Morgan fingerprint density at radius 2 is 1.89 bits per heavy atom. The Kier molecular flexibility index (Phi) is 3.69. The molecule has 0 radical (unpaired) electrons. The van der Waals surface area contributed by atoms with Crippen molar-refractivity contribution in [1.29, 1.82) is 0 Å². The van der Waals surface area contributed by atoms with Gasteiger partial charge in [-0.25, -0.2) is 9.97 Å². The lowest BCUT2D eigenvalue weighted by molar-refractivity contribution is 0.305. The minimum absolute atomic E-state index is 0.510. The minimum Gasteiger partial charge on any atom is -0.464 e. The van der Waals surface area contributed by atoms with Crippen LogP contribution in [0.1, 0.15) is 43.7 Å². The number of thiophene rings is 1. The molecule has 5 heterocycles. The molecule has 0 bridgehead atoms. The number of hydrogen-bond donors (Lipinski definition) is 0. The van der Waals surface area contributed by atoms with Crippen molar-refractivity contribution in [3.8, 4) is 6.01 Å². The van der Waals surface area contributed by atoms with E-state index in [-0.39, 0.29) is 0 Å². The maximum absolute atomic E-state index is 5.78. The molecule has 1 saturated heterocycles. The normalized spacial score (nSPS) is 17.1. The van der Waals surface area contributed by atoms with Crippen LogP contribution in [-0.4, -0.2) is 44.3 Å². The Morgan fingerprint density at radius 1 is 1.07 bits per heavy atom. The number of ether oxygens (including phenoxy) is 1. The molecule has 1 aliphatic carbocycles. The summed E-state index contributed by atoms with van der Waals surface area (Å²) in [6.45, 7) is 4.76. The van der Waals surface area contributed by atoms with Gasteiger partial charge in [0.15, 0.2) is 5.65 Å². The molecule has 0 spiro atoms. The molecule has 2 aliphatic rings. The van der Waals surface area contributed by atoms with E-state index in [0.29, 0.717) is 12.6 Å². The van der Waals surface area contributed by atoms with Crippen LogP contribution in [0.2, 0.25) is 0 Å². The first-order chi connectivity index (χ1) is 13.8. The zero-order chi connectivity index (χ0) is 18.7. The van der Waals surface area contributed by atoms with Crippen LogP contribution in [0.3, 0.4) is 0 Å². The SMILES string of the molecule is CCOc1nc2c(sc3nc(N4CCCC4)c4c(c32)CCCC4)c2ncnn12. The Hall–Kier alpha value is -2.48. The van der Waals surface area contributed by atoms with Crippen LogP contribution in [0, 0.1) is 0 Å². The molecule has 28 heavy (non-hydrogen) atoms. The Morgan fingerprint density at radius 3 is 2.71 bits per heavy atom. The van der Waals surface area contributed by atoms with E-state index >= 15 is 0 Å². The van der Waals surface area contributed by atoms with Gasteiger partial charge in [-0.15, -0.1) is 11.3 Å². The predicted octanol–water partition coefficient (Wildman–Crippen LogP) is 3.76. The van der Waals surface area contributed by atoms with Crippen LogP contribution in [0.4, 0.5) is 5.82 Å². The Bertz CT molecular complexity index is 1210. The molecule has 7 nitrogen and oxygen atoms in total. The molecule has 8 heteroatoms. The highest BCUT2D eigenvalue weighted by Gasteiger charge is 2.27. The molecule has 0 saturated carbocycles. The average Bonchev–Trinajstić information content (AvgIpc) is 3.46.